The van der Waals surface area contributed by atoms with E-state index in [2.05, 4.69) is 11.1 Å². The zero-order valence-corrected chi connectivity index (χ0v) is 9.96. The van der Waals surface area contributed by atoms with Crippen LogP contribution in [-0.4, -0.2) is 9.55 Å². The summed E-state index contributed by atoms with van der Waals surface area (Å²) >= 11 is 0. The SMILES string of the molecule is Cc1ccc(-n2cnc3ccccc32)c(C#N)c1. The number of hydrogen-bond donors (Lipinski definition) is 0. The fraction of sp³-hybridized carbons (Fsp3) is 0.0667. The molecule has 3 nitrogen and oxygen atoms in total. The van der Waals surface area contributed by atoms with Gasteiger partial charge in [-0.1, -0.05) is 18.2 Å². The fourth-order valence-electron chi connectivity index (χ4n) is 2.10. The van der Waals surface area contributed by atoms with Gasteiger partial charge in [0.2, 0.25) is 0 Å². The monoisotopic (exact) mass is 233 g/mol. The molecular weight excluding hydrogens is 222 g/mol. The van der Waals surface area contributed by atoms with Crippen molar-refractivity contribution in [2.75, 3.05) is 0 Å². The summed E-state index contributed by atoms with van der Waals surface area (Å²) in [5, 5.41) is 9.23. The van der Waals surface area contributed by atoms with Gasteiger partial charge in [-0.05, 0) is 36.8 Å². The standard InChI is InChI=1S/C15H11N3/c1-11-6-7-14(12(8-11)9-16)18-10-17-13-4-2-3-5-15(13)18/h2-8,10H,1H3. The lowest BCUT2D eigenvalue weighted by Crippen LogP contribution is -1.96. The van der Waals surface area contributed by atoms with Crippen LogP contribution in [-0.2, 0) is 0 Å². The average molecular weight is 233 g/mol. The zero-order chi connectivity index (χ0) is 12.5. The number of hydrogen-bond acceptors (Lipinski definition) is 2. The molecule has 18 heavy (non-hydrogen) atoms. The second-order valence-electron chi connectivity index (χ2n) is 4.24. The van der Waals surface area contributed by atoms with Crippen molar-refractivity contribution in [3.63, 3.8) is 0 Å². The molecule has 0 saturated heterocycles. The van der Waals surface area contributed by atoms with Crippen molar-refractivity contribution in [1.29, 1.82) is 5.26 Å². The molecule has 0 aliphatic carbocycles. The minimum absolute atomic E-state index is 0.665. The van der Waals surface area contributed by atoms with E-state index in [-0.39, 0.29) is 0 Å². The predicted molar refractivity (Wildman–Crippen MR) is 70.5 cm³/mol. The van der Waals surface area contributed by atoms with Crippen molar-refractivity contribution in [3.05, 3.63) is 59.9 Å². The van der Waals surface area contributed by atoms with Crippen molar-refractivity contribution < 1.29 is 0 Å². The third-order valence-electron chi connectivity index (χ3n) is 2.99. The Hall–Kier alpha value is -2.60. The van der Waals surface area contributed by atoms with Crippen molar-refractivity contribution >= 4 is 11.0 Å². The molecule has 0 bridgehead atoms. The summed E-state index contributed by atoms with van der Waals surface area (Å²) in [6.07, 6.45) is 1.76. The maximum absolute atomic E-state index is 9.23. The fourth-order valence-corrected chi connectivity index (χ4v) is 2.10. The smallest absolute Gasteiger partial charge is 0.101 e. The van der Waals surface area contributed by atoms with Crippen LogP contribution < -0.4 is 0 Å². The first kappa shape index (κ1) is 10.5. The highest BCUT2D eigenvalue weighted by Gasteiger charge is 2.08. The highest BCUT2D eigenvalue weighted by molar-refractivity contribution is 5.77. The van der Waals surface area contributed by atoms with Crippen LogP contribution >= 0.6 is 0 Å². The molecule has 0 spiro atoms. The van der Waals surface area contributed by atoms with Crippen molar-refractivity contribution in [1.82, 2.24) is 9.55 Å². The molecular formula is C15H11N3. The van der Waals surface area contributed by atoms with Crippen LogP contribution in [0.25, 0.3) is 16.7 Å². The molecule has 0 radical (unpaired) electrons. The lowest BCUT2D eigenvalue weighted by atomic mass is 10.1. The molecule has 1 heterocycles. The van der Waals surface area contributed by atoms with Crippen LogP contribution in [0.3, 0.4) is 0 Å². The number of aryl methyl sites for hydroxylation is 1. The van der Waals surface area contributed by atoms with Gasteiger partial charge in [-0.25, -0.2) is 4.98 Å². The zero-order valence-electron chi connectivity index (χ0n) is 9.96. The number of nitriles is 1. The van der Waals surface area contributed by atoms with Gasteiger partial charge in [0.05, 0.1) is 22.3 Å². The van der Waals surface area contributed by atoms with Crippen molar-refractivity contribution in [2.24, 2.45) is 0 Å². The number of nitrogens with zero attached hydrogens (tertiary/aromatic N) is 3. The molecule has 1 aromatic heterocycles. The van der Waals surface area contributed by atoms with Crippen LogP contribution in [0.4, 0.5) is 0 Å². The summed E-state index contributed by atoms with van der Waals surface area (Å²) in [5.74, 6) is 0. The summed E-state index contributed by atoms with van der Waals surface area (Å²) in [6, 6.07) is 16.0. The number of imidazole rings is 1. The first-order valence-corrected chi connectivity index (χ1v) is 5.73. The number of benzene rings is 2. The molecule has 0 atom stereocenters. The summed E-state index contributed by atoms with van der Waals surface area (Å²) in [7, 11) is 0. The second kappa shape index (κ2) is 4.01. The Morgan fingerprint density at radius 3 is 2.83 bits per heavy atom. The first-order valence-electron chi connectivity index (χ1n) is 5.73. The minimum Gasteiger partial charge on any atom is -0.298 e. The van der Waals surface area contributed by atoms with E-state index in [1.807, 2.05) is 54.0 Å². The Labute approximate surface area is 105 Å². The Bertz CT molecular complexity index is 763. The Morgan fingerprint density at radius 2 is 2.00 bits per heavy atom. The van der Waals surface area contributed by atoms with Crippen LogP contribution in [0, 0.1) is 18.3 Å². The maximum Gasteiger partial charge on any atom is 0.101 e. The molecule has 0 unspecified atom stereocenters. The van der Waals surface area contributed by atoms with Gasteiger partial charge in [0, 0.05) is 0 Å². The molecule has 0 amide bonds. The second-order valence-corrected chi connectivity index (χ2v) is 4.24. The molecule has 0 N–H and O–H groups in total. The molecule has 3 heteroatoms. The van der Waals surface area contributed by atoms with Gasteiger partial charge < -0.3 is 0 Å². The van der Waals surface area contributed by atoms with Gasteiger partial charge in [0.25, 0.3) is 0 Å². The van der Waals surface area contributed by atoms with Gasteiger partial charge in [-0.2, -0.15) is 5.26 Å². The molecule has 86 valence electrons. The van der Waals surface area contributed by atoms with Gasteiger partial charge in [-0.15, -0.1) is 0 Å². The molecule has 3 rings (SSSR count). The normalized spacial score (nSPS) is 10.4. The predicted octanol–water partition coefficient (Wildman–Crippen LogP) is 3.21. The van der Waals surface area contributed by atoms with E-state index in [0.717, 1.165) is 22.3 Å². The summed E-state index contributed by atoms with van der Waals surface area (Å²) < 4.78 is 1.95. The van der Waals surface area contributed by atoms with Crippen LogP contribution in [0.2, 0.25) is 0 Å². The lowest BCUT2D eigenvalue weighted by molar-refractivity contribution is 1.08. The van der Waals surface area contributed by atoms with E-state index in [1.54, 1.807) is 6.33 Å². The van der Waals surface area contributed by atoms with E-state index in [9.17, 15) is 5.26 Å². The van der Waals surface area contributed by atoms with E-state index in [1.165, 1.54) is 0 Å². The Balaban J connectivity index is 2.30. The third kappa shape index (κ3) is 1.56. The number of rotatable bonds is 1. The Kier molecular flexibility index (Phi) is 2.35. The summed E-state index contributed by atoms with van der Waals surface area (Å²) in [4.78, 5) is 4.35. The summed E-state index contributed by atoms with van der Waals surface area (Å²) in [6.45, 7) is 1.98. The molecule has 0 aliphatic rings. The number of para-hydroxylation sites is 2. The Morgan fingerprint density at radius 1 is 1.17 bits per heavy atom. The van der Waals surface area contributed by atoms with Gasteiger partial charge in [-0.3, -0.25) is 4.57 Å². The van der Waals surface area contributed by atoms with Gasteiger partial charge >= 0.3 is 0 Å². The highest BCUT2D eigenvalue weighted by atomic mass is 15.0. The lowest BCUT2D eigenvalue weighted by Gasteiger charge is -2.07. The highest BCUT2D eigenvalue weighted by Crippen LogP contribution is 2.21. The molecule has 0 fully saturated rings. The quantitative estimate of drug-likeness (QED) is 0.647. The van der Waals surface area contributed by atoms with Crippen LogP contribution in [0.5, 0.6) is 0 Å². The third-order valence-corrected chi connectivity index (χ3v) is 2.99. The molecule has 2 aromatic carbocycles. The molecule has 0 saturated carbocycles. The topological polar surface area (TPSA) is 41.6 Å². The number of fused-ring (bicyclic) bond motifs is 1. The number of aromatic nitrogens is 2. The van der Waals surface area contributed by atoms with Crippen LogP contribution in [0.1, 0.15) is 11.1 Å². The van der Waals surface area contributed by atoms with Crippen molar-refractivity contribution in [3.8, 4) is 11.8 Å². The van der Waals surface area contributed by atoms with Crippen molar-refractivity contribution in [2.45, 2.75) is 6.92 Å². The largest absolute Gasteiger partial charge is 0.298 e. The van der Waals surface area contributed by atoms with Gasteiger partial charge in [0.15, 0.2) is 0 Å². The van der Waals surface area contributed by atoms with Crippen LogP contribution in [0.15, 0.2) is 48.8 Å². The van der Waals surface area contributed by atoms with E-state index < -0.39 is 0 Å². The first-order chi connectivity index (χ1) is 8.79. The molecule has 0 aliphatic heterocycles. The average Bonchev–Trinajstić information content (AvgIpc) is 2.82. The van der Waals surface area contributed by atoms with E-state index in [0.29, 0.717) is 5.56 Å². The van der Waals surface area contributed by atoms with E-state index >= 15 is 0 Å². The summed E-state index contributed by atoms with van der Waals surface area (Å²) in [5.41, 5.74) is 4.56. The minimum atomic E-state index is 0.665. The van der Waals surface area contributed by atoms with E-state index in [4.69, 9.17) is 0 Å². The maximum atomic E-state index is 9.23. The van der Waals surface area contributed by atoms with Gasteiger partial charge in [0.1, 0.15) is 12.4 Å². The molecule has 3 aromatic rings.